The van der Waals surface area contributed by atoms with Gasteiger partial charge in [-0.1, -0.05) is 23.8 Å². The molecule has 0 spiro atoms. The number of benzene rings is 2. The lowest BCUT2D eigenvalue weighted by molar-refractivity contribution is -0.122. The van der Waals surface area contributed by atoms with Crippen LogP contribution in [0, 0.1) is 12.8 Å². The zero-order chi connectivity index (χ0) is 21.5. The van der Waals surface area contributed by atoms with E-state index in [-0.39, 0.29) is 30.2 Å². The number of amides is 3. The highest BCUT2D eigenvalue weighted by Crippen LogP contribution is 2.43. The Morgan fingerprint density at radius 3 is 2.68 bits per heavy atom. The number of thiophene rings is 1. The second-order valence-electron chi connectivity index (χ2n) is 7.96. The van der Waals surface area contributed by atoms with Gasteiger partial charge in [0.25, 0.3) is 0 Å². The summed E-state index contributed by atoms with van der Waals surface area (Å²) < 4.78 is 0. The van der Waals surface area contributed by atoms with Crippen molar-refractivity contribution in [1.29, 1.82) is 0 Å². The Labute approximate surface area is 183 Å². The second-order valence-corrected chi connectivity index (χ2v) is 8.94. The molecule has 1 aromatic heterocycles. The summed E-state index contributed by atoms with van der Waals surface area (Å²) in [5.74, 6) is -0.823. The third-order valence-corrected chi connectivity index (χ3v) is 6.75. The van der Waals surface area contributed by atoms with Crippen molar-refractivity contribution < 1.29 is 14.4 Å². The van der Waals surface area contributed by atoms with Crippen molar-refractivity contribution in [3.8, 4) is 0 Å². The number of carbonyl (C=O) groups excluding carboxylic acids is 3. The van der Waals surface area contributed by atoms with Crippen molar-refractivity contribution in [2.45, 2.75) is 25.8 Å². The number of hydrogen-bond acceptors (Lipinski definition) is 4. The Hall–Kier alpha value is -3.45. The van der Waals surface area contributed by atoms with Crippen LogP contribution in [0.5, 0.6) is 0 Å². The number of nitrogens with one attached hydrogen (secondary N) is 2. The Morgan fingerprint density at radius 2 is 1.94 bits per heavy atom. The maximum atomic E-state index is 13.3. The standard InChI is InChI=1S/C24H21N3O3S/c1-14-4-7-17(8-5-14)27-22(29)13-18(23(27)20-3-2-10-31-20)24(30)25-16-6-9-19-15(11-16)12-21(28)26-19/h2-11,18,23H,12-13H2,1H3,(H,25,30)(H,26,28). The van der Waals surface area contributed by atoms with Gasteiger partial charge >= 0.3 is 0 Å². The van der Waals surface area contributed by atoms with Crippen molar-refractivity contribution >= 4 is 46.1 Å². The summed E-state index contributed by atoms with van der Waals surface area (Å²) in [6.45, 7) is 2.00. The van der Waals surface area contributed by atoms with Crippen LogP contribution >= 0.6 is 11.3 Å². The largest absolute Gasteiger partial charge is 0.326 e. The number of rotatable bonds is 4. The summed E-state index contributed by atoms with van der Waals surface area (Å²) in [6.07, 6.45) is 0.452. The van der Waals surface area contributed by atoms with E-state index in [4.69, 9.17) is 0 Å². The first kappa shape index (κ1) is 19.5. The first-order valence-corrected chi connectivity index (χ1v) is 11.0. The summed E-state index contributed by atoms with van der Waals surface area (Å²) >= 11 is 1.55. The molecule has 2 atom stereocenters. The smallest absolute Gasteiger partial charge is 0.230 e. The van der Waals surface area contributed by atoms with Crippen LogP contribution in [0.25, 0.3) is 0 Å². The SMILES string of the molecule is Cc1ccc(N2C(=O)CC(C(=O)Nc3ccc4c(c3)CC(=O)N4)C2c2cccs2)cc1. The third-order valence-electron chi connectivity index (χ3n) is 5.80. The Balaban J connectivity index is 1.44. The first-order chi connectivity index (χ1) is 15.0. The van der Waals surface area contributed by atoms with E-state index < -0.39 is 5.92 Å². The van der Waals surface area contributed by atoms with Gasteiger partial charge in [0.2, 0.25) is 17.7 Å². The summed E-state index contributed by atoms with van der Waals surface area (Å²) in [5, 5.41) is 7.72. The minimum absolute atomic E-state index is 0.0497. The molecule has 3 aromatic rings. The highest BCUT2D eigenvalue weighted by molar-refractivity contribution is 7.10. The number of aryl methyl sites for hydroxylation is 1. The molecule has 3 amide bonds. The first-order valence-electron chi connectivity index (χ1n) is 10.2. The lowest BCUT2D eigenvalue weighted by atomic mass is 9.97. The summed E-state index contributed by atoms with van der Waals surface area (Å²) in [4.78, 5) is 40.7. The fourth-order valence-electron chi connectivity index (χ4n) is 4.31. The fraction of sp³-hybridized carbons (Fsp3) is 0.208. The van der Waals surface area contributed by atoms with Gasteiger partial charge < -0.3 is 15.5 Å². The molecule has 2 N–H and O–H groups in total. The van der Waals surface area contributed by atoms with E-state index >= 15 is 0 Å². The van der Waals surface area contributed by atoms with Crippen LogP contribution in [0.4, 0.5) is 17.1 Å². The van der Waals surface area contributed by atoms with Gasteiger partial charge in [0.15, 0.2) is 0 Å². The van der Waals surface area contributed by atoms with E-state index in [1.165, 1.54) is 0 Å². The molecule has 6 nitrogen and oxygen atoms in total. The van der Waals surface area contributed by atoms with E-state index in [2.05, 4.69) is 10.6 Å². The van der Waals surface area contributed by atoms with E-state index in [9.17, 15) is 14.4 Å². The third kappa shape index (κ3) is 3.61. The molecule has 1 fully saturated rings. The maximum Gasteiger partial charge on any atom is 0.230 e. The van der Waals surface area contributed by atoms with Gasteiger partial charge in [-0.25, -0.2) is 0 Å². The van der Waals surface area contributed by atoms with E-state index in [1.807, 2.05) is 54.8 Å². The summed E-state index contributed by atoms with van der Waals surface area (Å²) in [7, 11) is 0. The molecular weight excluding hydrogens is 410 g/mol. The predicted molar refractivity (Wildman–Crippen MR) is 121 cm³/mol. The zero-order valence-corrected chi connectivity index (χ0v) is 17.7. The number of carbonyl (C=O) groups is 3. The minimum atomic E-state index is -0.513. The van der Waals surface area contributed by atoms with Gasteiger partial charge in [0.05, 0.1) is 18.4 Å². The van der Waals surface area contributed by atoms with Gasteiger partial charge in [-0.2, -0.15) is 0 Å². The van der Waals surface area contributed by atoms with Gasteiger partial charge in [-0.3, -0.25) is 14.4 Å². The van der Waals surface area contributed by atoms with Crippen LogP contribution < -0.4 is 15.5 Å². The molecule has 0 saturated carbocycles. The quantitative estimate of drug-likeness (QED) is 0.647. The van der Waals surface area contributed by atoms with Crippen LogP contribution in [0.1, 0.15) is 28.5 Å². The van der Waals surface area contributed by atoms with Crippen molar-refractivity contribution in [3.63, 3.8) is 0 Å². The van der Waals surface area contributed by atoms with Gasteiger partial charge in [0, 0.05) is 28.4 Å². The lowest BCUT2D eigenvalue weighted by Gasteiger charge is -2.27. The molecule has 7 heteroatoms. The average molecular weight is 432 g/mol. The van der Waals surface area contributed by atoms with Crippen LogP contribution in [-0.2, 0) is 20.8 Å². The monoisotopic (exact) mass is 431 g/mol. The molecule has 0 bridgehead atoms. The van der Waals surface area contributed by atoms with Crippen molar-refractivity contribution in [2.75, 3.05) is 15.5 Å². The van der Waals surface area contributed by atoms with Crippen LogP contribution in [-0.4, -0.2) is 17.7 Å². The maximum absolute atomic E-state index is 13.3. The number of fused-ring (bicyclic) bond motifs is 1. The topological polar surface area (TPSA) is 78.5 Å². The van der Waals surface area contributed by atoms with Gasteiger partial charge in [-0.15, -0.1) is 11.3 Å². The Morgan fingerprint density at radius 1 is 1.13 bits per heavy atom. The Bertz CT molecular complexity index is 1170. The summed E-state index contributed by atoms with van der Waals surface area (Å²) in [6, 6.07) is 16.8. The van der Waals surface area contributed by atoms with Crippen LogP contribution in [0.3, 0.4) is 0 Å². The van der Waals surface area contributed by atoms with Crippen molar-refractivity contribution in [2.24, 2.45) is 5.92 Å². The predicted octanol–water partition coefficient (Wildman–Crippen LogP) is 4.28. The number of hydrogen-bond donors (Lipinski definition) is 2. The molecule has 0 aliphatic carbocycles. The molecule has 0 radical (unpaired) electrons. The van der Waals surface area contributed by atoms with Crippen LogP contribution in [0.15, 0.2) is 60.0 Å². The van der Waals surface area contributed by atoms with Crippen LogP contribution in [0.2, 0.25) is 0 Å². The van der Waals surface area contributed by atoms with Crippen molar-refractivity contribution in [3.05, 3.63) is 76.0 Å². The highest BCUT2D eigenvalue weighted by atomic mass is 32.1. The molecule has 31 heavy (non-hydrogen) atoms. The molecule has 2 aliphatic heterocycles. The molecular formula is C24H21N3O3S. The number of nitrogens with zero attached hydrogens (tertiary/aromatic N) is 1. The summed E-state index contributed by atoms with van der Waals surface area (Å²) in [5.41, 5.74) is 4.18. The minimum Gasteiger partial charge on any atom is -0.326 e. The Kier molecular flexibility index (Phi) is 4.82. The molecule has 2 aromatic carbocycles. The highest BCUT2D eigenvalue weighted by Gasteiger charge is 2.45. The normalized spacial score (nSPS) is 20.0. The van der Waals surface area contributed by atoms with E-state index in [0.29, 0.717) is 12.1 Å². The van der Waals surface area contributed by atoms with E-state index in [1.54, 1.807) is 28.4 Å². The van der Waals surface area contributed by atoms with Gasteiger partial charge in [0.1, 0.15) is 0 Å². The van der Waals surface area contributed by atoms with Crippen molar-refractivity contribution in [1.82, 2.24) is 0 Å². The fourth-order valence-corrected chi connectivity index (χ4v) is 5.19. The average Bonchev–Trinajstić information content (AvgIpc) is 3.46. The molecule has 156 valence electrons. The molecule has 3 heterocycles. The zero-order valence-electron chi connectivity index (χ0n) is 16.9. The molecule has 1 saturated heterocycles. The van der Waals surface area contributed by atoms with E-state index in [0.717, 1.165) is 27.4 Å². The lowest BCUT2D eigenvalue weighted by Crippen LogP contribution is -2.32. The number of anilines is 3. The molecule has 5 rings (SSSR count). The van der Waals surface area contributed by atoms with Gasteiger partial charge in [-0.05, 0) is 54.3 Å². The molecule has 2 aliphatic rings. The second kappa shape index (κ2) is 7.67. The molecule has 2 unspecified atom stereocenters.